The van der Waals surface area contributed by atoms with Crippen molar-refractivity contribution in [1.29, 1.82) is 0 Å². The maximum absolute atomic E-state index is 13.5. The molecule has 0 saturated carbocycles. The van der Waals surface area contributed by atoms with Crippen LogP contribution in [0, 0.1) is 5.82 Å². The number of benzene rings is 1. The maximum Gasteiger partial charge on any atom is 0.419 e. The largest absolute Gasteiger partial charge is 0.419 e. The van der Waals surface area contributed by atoms with Crippen LogP contribution in [-0.2, 0) is 6.18 Å². The van der Waals surface area contributed by atoms with Crippen molar-refractivity contribution in [3.8, 4) is 0 Å². The minimum atomic E-state index is -4.71. The molecule has 0 aliphatic carbocycles. The highest BCUT2D eigenvalue weighted by molar-refractivity contribution is 5.85. The van der Waals surface area contributed by atoms with Crippen LogP contribution < -0.4 is 11.5 Å². The van der Waals surface area contributed by atoms with E-state index in [1.807, 2.05) is 0 Å². The second-order valence-electron chi connectivity index (χ2n) is 3.39. The second kappa shape index (κ2) is 6.18. The predicted molar refractivity (Wildman–Crippen MR) is 59.2 cm³/mol. The molecule has 1 rings (SSSR count). The van der Waals surface area contributed by atoms with Gasteiger partial charge >= 0.3 is 6.18 Å². The zero-order valence-electron chi connectivity index (χ0n) is 8.80. The molecule has 0 unspecified atom stereocenters. The Hall–Kier alpha value is -0.850. The molecule has 1 atom stereocenters. The van der Waals surface area contributed by atoms with Gasteiger partial charge in [0.2, 0.25) is 0 Å². The molecule has 0 heterocycles. The summed E-state index contributed by atoms with van der Waals surface area (Å²) < 4.78 is 50.6. The summed E-state index contributed by atoms with van der Waals surface area (Å²) in [6, 6.07) is 2.25. The molecule has 0 amide bonds. The first-order valence-corrected chi connectivity index (χ1v) is 4.69. The van der Waals surface area contributed by atoms with E-state index in [-0.39, 0.29) is 30.9 Å². The monoisotopic (exact) mass is 272 g/mol. The second-order valence-corrected chi connectivity index (χ2v) is 3.39. The molecule has 0 saturated heterocycles. The average Bonchev–Trinajstić information content (AvgIpc) is 2.16. The Morgan fingerprint density at radius 1 is 1.24 bits per heavy atom. The Morgan fingerprint density at radius 3 is 2.29 bits per heavy atom. The average molecular weight is 273 g/mol. The van der Waals surface area contributed by atoms with Crippen molar-refractivity contribution >= 4 is 12.4 Å². The van der Waals surface area contributed by atoms with E-state index >= 15 is 0 Å². The lowest BCUT2D eigenvalue weighted by Gasteiger charge is -2.15. The molecule has 0 radical (unpaired) electrons. The van der Waals surface area contributed by atoms with Crippen molar-refractivity contribution in [2.45, 2.75) is 18.6 Å². The molecule has 1 aromatic carbocycles. The first-order chi connectivity index (χ1) is 7.38. The van der Waals surface area contributed by atoms with Crippen LogP contribution in [-0.4, -0.2) is 6.54 Å². The van der Waals surface area contributed by atoms with Crippen molar-refractivity contribution in [2.75, 3.05) is 6.54 Å². The minimum Gasteiger partial charge on any atom is -0.330 e. The normalized spacial score (nSPS) is 13.1. The Labute approximate surface area is 102 Å². The van der Waals surface area contributed by atoms with Gasteiger partial charge in [0.25, 0.3) is 0 Å². The van der Waals surface area contributed by atoms with E-state index in [2.05, 4.69) is 0 Å². The van der Waals surface area contributed by atoms with Crippen molar-refractivity contribution in [3.63, 3.8) is 0 Å². The summed E-state index contributed by atoms with van der Waals surface area (Å²) in [5.74, 6) is -1.31. The summed E-state index contributed by atoms with van der Waals surface area (Å²) in [6.45, 7) is 0.191. The van der Waals surface area contributed by atoms with Crippen LogP contribution in [0.25, 0.3) is 0 Å². The van der Waals surface area contributed by atoms with Crippen molar-refractivity contribution in [1.82, 2.24) is 0 Å². The highest BCUT2D eigenvalue weighted by atomic mass is 35.5. The van der Waals surface area contributed by atoms with Crippen LogP contribution in [0.1, 0.15) is 23.6 Å². The molecule has 4 N–H and O–H groups in total. The van der Waals surface area contributed by atoms with Gasteiger partial charge in [-0.15, -0.1) is 12.4 Å². The zero-order valence-corrected chi connectivity index (χ0v) is 9.61. The number of nitrogens with two attached hydrogens (primary N) is 2. The van der Waals surface area contributed by atoms with E-state index in [0.717, 1.165) is 6.07 Å². The van der Waals surface area contributed by atoms with Gasteiger partial charge in [0.05, 0.1) is 5.56 Å². The van der Waals surface area contributed by atoms with E-state index in [4.69, 9.17) is 11.5 Å². The summed E-state index contributed by atoms with van der Waals surface area (Å²) in [5, 5.41) is 0. The van der Waals surface area contributed by atoms with E-state index in [1.165, 1.54) is 6.07 Å². The lowest BCUT2D eigenvalue weighted by Crippen LogP contribution is -2.19. The Morgan fingerprint density at radius 2 is 1.82 bits per heavy atom. The number of hydrogen-bond donors (Lipinski definition) is 2. The Bertz CT molecular complexity index is 368. The molecule has 0 aromatic heterocycles. The van der Waals surface area contributed by atoms with Crippen molar-refractivity contribution < 1.29 is 17.6 Å². The molecule has 0 spiro atoms. The van der Waals surface area contributed by atoms with Gasteiger partial charge in [0.1, 0.15) is 5.82 Å². The summed E-state index contributed by atoms with van der Waals surface area (Å²) in [5.41, 5.74) is 9.30. The van der Waals surface area contributed by atoms with Crippen molar-refractivity contribution in [2.24, 2.45) is 11.5 Å². The van der Waals surface area contributed by atoms with Crippen LogP contribution >= 0.6 is 12.4 Å². The number of alkyl halides is 3. The van der Waals surface area contributed by atoms with Crippen molar-refractivity contribution in [3.05, 3.63) is 35.1 Å². The molecule has 0 aliphatic heterocycles. The highest BCUT2D eigenvalue weighted by Crippen LogP contribution is 2.33. The van der Waals surface area contributed by atoms with Gasteiger partial charge in [-0.05, 0) is 19.0 Å². The molecule has 0 aliphatic rings. The van der Waals surface area contributed by atoms with Gasteiger partial charge in [-0.25, -0.2) is 4.39 Å². The van der Waals surface area contributed by atoms with Gasteiger partial charge in [-0.1, -0.05) is 12.1 Å². The van der Waals surface area contributed by atoms with Gasteiger partial charge in [-0.3, -0.25) is 0 Å². The zero-order chi connectivity index (χ0) is 12.3. The number of rotatable bonds is 3. The SMILES string of the molecule is Cl.NCC[C@@H](N)c1cccc(C(F)(F)F)c1F. The maximum atomic E-state index is 13.5. The van der Waals surface area contributed by atoms with Gasteiger partial charge < -0.3 is 11.5 Å². The third kappa shape index (κ3) is 3.83. The highest BCUT2D eigenvalue weighted by Gasteiger charge is 2.35. The molecule has 2 nitrogen and oxygen atoms in total. The number of halogens is 5. The van der Waals surface area contributed by atoms with E-state index in [1.54, 1.807) is 0 Å². The molecule has 98 valence electrons. The standard InChI is InChI=1S/C10H12F4N2.ClH/c11-9-6(8(16)4-5-15)2-1-3-7(9)10(12,13)14;/h1-3,8H,4-5,15-16H2;1H/t8-;/m1./s1. The van der Waals surface area contributed by atoms with E-state index in [9.17, 15) is 17.6 Å². The summed E-state index contributed by atoms with van der Waals surface area (Å²) in [7, 11) is 0. The quantitative estimate of drug-likeness (QED) is 0.831. The first kappa shape index (κ1) is 16.1. The fourth-order valence-corrected chi connectivity index (χ4v) is 1.39. The third-order valence-electron chi connectivity index (χ3n) is 2.21. The van der Waals surface area contributed by atoms with Gasteiger partial charge in [0.15, 0.2) is 0 Å². The molecule has 1 aromatic rings. The number of hydrogen-bond acceptors (Lipinski definition) is 2. The molecular weight excluding hydrogens is 260 g/mol. The Balaban J connectivity index is 0.00000256. The predicted octanol–water partition coefficient (Wildman–Crippen LogP) is 2.61. The molecule has 7 heteroatoms. The van der Waals surface area contributed by atoms with Gasteiger partial charge in [0, 0.05) is 11.6 Å². The molecule has 0 bridgehead atoms. The summed E-state index contributed by atoms with van der Waals surface area (Å²) in [6.07, 6.45) is -4.47. The smallest absolute Gasteiger partial charge is 0.330 e. The van der Waals surface area contributed by atoms with Crippen LogP contribution in [0.4, 0.5) is 17.6 Å². The first-order valence-electron chi connectivity index (χ1n) is 4.69. The van der Waals surface area contributed by atoms with E-state index in [0.29, 0.717) is 6.07 Å². The fraction of sp³-hybridized carbons (Fsp3) is 0.400. The molecule has 17 heavy (non-hydrogen) atoms. The van der Waals surface area contributed by atoms with Gasteiger partial charge in [-0.2, -0.15) is 13.2 Å². The minimum absolute atomic E-state index is 0. The lowest BCUT2D eigenvalue weighted by atomic mass is 10.0. The lowest BCUT2D eigenvalue weighted by molar-refractivity contribution is -0.140. The third-order valence-corrected chi connectivity index (χ3v) is 2.21. The Kier molecular flexibility index (Phi) is 5.87. The topological polar surface area (TPSA) is 52.0 Å². The fourth-order valence-electron chi connectivity index (χ4n) is 1.39. The van der Waals surface area contributed by atoms with Crippen LogP contribution in [0.3, 0.4) is 0 Å². The van der Waals surface area contributed by atoms with E-state index < -0.39 is 23.6 Å². The molecule has 0 fully saturated rings. The summed E-state index contributed by atoms with van der Waals surface area (Å²) in [4.78, 5) is 0. The van der Waals surface area contributed by atoms with Crippen LogP contribution in [0.5, 0.6) is 0 Å². The van der Waals surface area contributed by atoms with Crippen LogP contribution in [0.2, 0.25) is 0 Å². The molecular formula is C10H13ClF4N2. The van der Waals surface area contributed by atoms with Crippen LogP contribution in [0.15, 0.2) is 18.2 Å². The summed E-state index contributed by atoms with van der Waals surface area (Å²) >= 11 is 0.